The Morgan fingerprint density at radius 1 is 1.09 bits per heavy atom. The minimum Gasteiger partial charge on any atom is -0.342 e. The summed E-state index contributed by atoms with van der Waals surface area (Å²) in [5.41, 5.74) is 0.0312. The molecule has 2 aliphatic heterocycles. The second-order valence-corrected chi connectivity index (χ2v) is 7.87. The number of fused-ring (bicyclic) bond motifs is 1. The van der Waals surface area contributed by atoms with E-state index in [4.69, 9.17) is 0 Å². The lowest BCUT2D eigenvalue weighted by Crippen LogP contribution is -2.61. The fourth-order valence-corrected chi connectivity index (χ4v) is 4.08. The lowest BCUT2D eigenvalue weighted by molar-refractivity contribution is -0.147. The van der Waals surface area contributed by atoms with Crippen molar-refractivity contribution in [3.63, 3.8) is 0 Å². The van der Waals surface area contributed by atoms with Gasteiger partial charge < -0.3 is 20.9 Å². The second kappa shape index (κ2) is 8.52. The van der Waals surface area contributed by atoms with Crippen LogP contribution in [0.15, 0.2) is 54.6 Å². The lowest BCUT2D eigenvalue weighted by Gasteiger charge is -2.34. The monoisotopic (exact) mass is 446 g/mol. The number of urea groups is 1. The molecule has 0 aromatic heterocycles. The molecule has 2 saturated heterocycles. The molecule has 4 amide bonds. The maximum atomic E-state index is 12.9. The van der Waals surface area contributed by atoms with Crippen LogP contribution in [0.25, 0.3) is 0 Å². The Kier molecular flexibility index (Phi) is 5.77. The molecule has 0 radical (unpaired) electrons. The molecule has 2 heterocycles. The molecule has 32 heavy (non-hydrogen) atoms. The van der Waals surface area contributed by atoms with Gasteiger partial charge >= 0.3 is 12.2 Å². The van der Waals surface area contributed by atoms with E-state index in [1.807, 2.05) is 30.3 Å². The number of anilines is 1. The van der Waals surface area contributed by atoms with Crippen molar-refractivity contribution >= 4 is 23.5 Å². The van der Waals surface area contributed by atoms with Crippen LogP contribution in [-0.2, 0) is 22.2 Å². The third kappa shape index (κ3) is 4.68. The quantitative estimate of drug-likeness (QED) is 0.674. The number of rotatable bonds is 4. The third-order valence-corrected chi connectivity index (χ3v) is 5.57. The number of hydrogen-bond donors (Lipinski definition) is 3. The Hall–Kier alpha value is -3.56. The summed E-state index contributed by atoms with van der Waals surface area (Å²) in [6, 6.07) is 11.0. The van der Waals surface area contributed by atoms with Crippen molar-refractivity contribution in [1.29, 1.82) is 0 Å². The summed E-state index contributed by atoms with van der Waals surface area (Å²) in [5.74, 6) is -0.505. The SMILES string of the molecule is O=C(Nc1cccc(C(F)(F)F)c1)N[C@H]1C[C@H]2C(=O)N[C@@H](Cc3ccccc3)C(=O)N2C1. The maximum absolute atomic E-state index is 12.9. The average Bonchev–Trinajstić information content (AvgIpc) is 3.16. The van der Waals surface area contributed by atoms with E-state index in [-0.39, 0.29) is 30.5 Å². The summed E-state index contributed by atoms with van der Waals surface area (Å²) in [5, 5.41) is 7.77. The first-order valence-corrected chi connectivity index (χ1v) is 10.1. The predicted octanol–water partition coefficient (Wildman–Crippen LogP) is 2.54. The van der Waals surface area contributed by atoms with Crippen LogP contribution in [0.4, 0.5) is 23.7 Å². The number of benzene rings is 2. The van der Waals surface area contributed by atoms with Gasteiger partial charge in [-0.15, -0.1) is 0 Å². The van der Waals surface area contributed by atoms with Crippen molar-refractivity contribution in [1.82, 2.24) is 15.5 Å². The first-order chi connectivity index (χ1) is 15.2. The van der Waals surface area contributed by atoms with E-state index in [9.17, 15) is 27.6 Å². The molecule has 0 bridgehead atoms. The van der Waals surface area contributed by atoms with Crippen LogP contribution >= 0.6 is 0 Å². The number of amides is 4. The fourth-order valence-electron chi connectivity index (χ4n) is 4.08. The van der Waals surface area contributed by atoms with Crippen molar-refractivity contribution in [3.05, 3.63) is 65.7 Å². The van der Waals surface area contributed by atoms with Crippen molar-refractivity contribution in [2.24, 2.45) is 0 Å². The van der Waals surface area contributed by atoms with Crippen LogP contribution in [0.2, 0.25) is 0 Å². The number of piperazine rings is 1. The van der Waals surface area contributed by atoms with Gasteiger partial charge in [0.2, 0.25) is 11.8 Å². The molecule has 2 aliphatic rings. The molecule has 0 saturated carbocycles. The Labute approximate surface area is 182 Å². The Bertz CT molecular complexity index is 1030. The highest BCUT2D eigenvalue weighted by atomic mass is 19.4. The molecule has 0 unspecified atom stereocenters. The Balaban J connectivity index is 1.37. The van der Waals surface area contributed by atoms with Crippen LogP contribution in [0.3, 0.4) is 0 Å². The minimum absolute atomic E-state index is 0.00945. The highest BCUT2D eigenvalue weighted by molar-refractivity contribution is 5.98. The van der Waals surface area contributed by atoms with Crippen molar-refractivity contribution in [2.45, 2.75) is 37.1 Å². The molecule has 3 atom stereocenters. The van der Waals surface area contributed by atoms with E-state index >= 15 is 0 Å². The van der Waals surface area contributed by atoms with Gasteiger partial charge in [0, 0.05) is 18.7 Å². The van der Waals surface area contributed by atoms with Gasteiger partial charge in [-0.3, -0.25) is 9.59 Å². The van der Waals surface area contributed by atoms with Gasteiger partial charge in [0.1, 0.15) is 12.1 Å². The summed E-state index contributed by atoms with van der Waals surface area (Å²) in [7, 11) is 0. The first-order valence-electron chi connectivity index (χ1n) is 10.1. The van der Waals surface area contributed by atoms with Gasteiger partial charge in [0.05, 0.1) is 11.6 Å². The summed E-state index contributed by atoms with van der Waals surface area (Å²) in [6.45, 7) is 0.151. The average molecular weight is 446 g/mol. The van der Waals surface area contributed by atoms with E-state index in [0.29, 0.717) is 6.42 Å². The van der Waals surface area contributed by atoms with Crippen molar-refractivity contribution < 1.29 is 27.6 Å². The molecule has 0 spiro atoms. The first kappa shape index (κ1) is 21.7. The van der Waals surface area contributed by atoms with Gasteiger partial charge in [-0.1, -0.05) is 36.4 Å². The molecule has 2 fully saturated rings. The number of carbonyl (C=O) groups excluding carboxylic acids is 3. The van der Waals surface area contributed by atoms with Gasteiger partial charge in [-0.2, -0.15) is 13.2 Å². The van der Waals surface area contributed by atoms with Crippen LogP contribution in [0.1, 0.15) is 17.5 Å². The molecule has 3 N–H and O–H groups in total. The number of nitrogens with zero attached hydrogens (tertiary/aromatic N) is 1. The Morgan fingerprint density at radius 3 is 2.56 bits per heavy atom. The molecule has 7 nitrogen and oxygen atoms in total. The molecule has 0 aliphatic carbocycles. The van der Waals surface area contributed by atoms with Crippen LogP contribution in [-0.4, -0.2) is 47.4 Å². The smallest absolute Gasteiger partial charge is 0.342 e. The highest BCUT2D eigenvalue weighted by Crippen LogP contribution is 2.30. The van der Waals surface area contributed by atoms with Crippen molar-refractivity contribution in [3.8, 4) is 0 Å². The molecule has 2 aromatic carbocycles. The van der Waals surface area contributed by atoms with Gasteiger partial charge in [-0.05, 0) is 30.2 Å². The topological polar surface area (TPSA) is 90.5 Å². The standard InChI is InChI=1S/C22H21F3N4O3/c23-22(24,25)14-7-4-8-15(10-14)26-21(32)27-16-11-18-19(30)28-17(20(31)29(18)12-16)9-13-5-2-1-3-6-13/h1-8,10,16-18H,9,11-12H2,(H,28,30)(H2,26,27,32)/t16-,17-,18-/m0/s1. The number of nitrogens with one attached hydrogen (secondary N) is 3. The number of alkyl halides is 3. The molecule has 10 heteroatoms. The predicted molar refractivity (Wildman–Crippen MR) is 110 cm³/mol. The van der Waals surface area contributed by atoms with Crippen LogP contribution in [0, 0.1) is 0 Å². The molecule has 2 aromatic rings. The molecule has 168 valence electrons. The van der Waals surface area contributed by atoms with Gasteiger partial charge in [0.25, 0.3) is 0 Å². The second-order valence-electron chi connectivity index (χ2n) is 7.87. The molecule has 4 rings (SSSR count). The molecular formula is C22H21F3N4O3. The normalized spacial score (nSPS) is 22.8. The van der Waals surface area contributed by atoms with Crippen LogP contribution < -0.4 is 16.0 Å². The Morgan fingerprint density at radius 2 is 1.84 bits per heavy atom. The zero-order valence-corrected chi connectivity index (χ0v) is 16.9. The zero-order valence-electron chi connectivity index (χ0n) is 16.9. The zero-order chi connectivity index (χ0) is 22.9. The third-order valence-electron chi connectivity index (χ3n) is 5.57. The maximum Gasteiger partial charge on any atom is 0.416 e. The van der Waals surface area contributed by atoms with Gasteiger partial charge in [-0.25, -0.2) is 4.79 Å². The summed E-state index contributed by atoms with van der Waals surface area (Å²) < 4.78 is 38.5. The number of carbonyl (C=O) groups is 3. The summed E-state index contributed by atoms with van der Waals surface area (Å²) >= 11 is 0. The highest BCUT2D eigenvalue weighted by Gasteiger charge is 2.46. The number of hydrogen-bond acceptors (Lipinski definition) is 3. The summed E-state index contributed by atoms with van der Waals surface area (Å²) in [4.78, 5) is 39.2. The van der Waals surface area contributed by atoms with E-state index in [1.54, 1.807) is 0 Å². The fraction of sp³-hybridized carbons (Fsp3) is 0.318. The van der Waals surface area contributed by atoms with Crippen molar-refractivity contribution in [2.75, 3.05) is 11.9 Å². The van der Waals surface area contributed by atoms with E-state index in [1.165, 1.54) is 17.0 Å². The van der Waals surface area contributed by atoms with E-state index in [0.717, 1.165) is 17.7 Å². The molecular weight excluding hydrogens is 425 g/mol. The van der Waals surface area contributed by atoms with E-state index in [2.05, 4.69) is 16.0 Å². The van der Waals surface area contributed by atoms with E-state index < -0.39 is 35.9 Å². The van der Waals surface area contributed by atoms with Gasteiger partial charge in [0.15, 0.2) is 0 Å². The summed E-state index contributed by atoms with van der Waals surface area (Å²) in [6.07, 6.45) is -3.93. The number of halogens is 3. The van der Waals surface area contributed by atoms with Crippen LogP contribution in [0.5, 0.6) is 0 Å². The minimum atomic E-state index is -4.52. The largest absolute Gasteiger partial charge is 0.416 e. The lowest BCUT2D eigenvalue weighted by atomic mass is 10.0.